The number of fused-ring (bicyclic) bond motifs is 3. The van der Waals surface area contributed by atoms with Crippen molar-refractivity contribution in [1.82, 2.24) is 0 Å². The lowest BCUT2D eigenvalue weighted by Gasteiger charge is -1.96. The zero-order valence-electron chi connectivity index (χ0n) is 8.23. The van der Waals surface area contributed by atoms with Crippen LogP contribution < -0.4 is 0 Å². The van der Waals surface area contributed by atoms with Crippen LogP contribution in [0.15, 0.2) is 33.2 Å². The van der Waals surface area contributed by atoms with Gasteiger partial charge in [0, 0.05) is 21.3 Å². The van der Waals surface area contributed by atoms with Crippen LogP contribution in [0.25, 0.3) is 21.9 Å². The molecule has 86 valence electrons. The molecule has 0 bridgehead atoms. The van der Waals surface area contributed by atoms with Gasteiger partial charge in [-0.2, -0.15) is 0 Å². The van der Waals surface area contributed by atoms with Crippen molar-refractivity contribution < 1.29 is 4.42 Å². The van der Waals surface area contributed by atoms with E-state index in [9.17, 15) is 0 Å². The molecule has 0 aliphatic heterocycles. The third-order valence-corrected chi connectivity index (χ3v) is 4.47. The molecule has 1 heterocycles. The van der Waals surface area contributed by atoms with Gasteiger partial charge < -0.3 is 4.42 Å². The van der Waals surface area contributed by atoms with Gasteiger partial charge in [0.25, 0.3) is 0 Å². The highest BCUT2D eigenvalue weighted by Crippen LogP contribution is 2.37. The van der Waals surface area contributed by atoms with E-state index in [1.165, 1.54) is 0 Å². The molecule has 5 heteroatoms. The Morgan fingerprint density at radius 2 is 1.29 bits per heavy atom. The third kappa shape index (κ3) is 1.84. The van der Waals surface area contributed by atoms with Gasteiger partial charge in [-0.05, 0) is 34.1 Å². The number of rotatable bonds is 0. The Balaban J connectivity index is 2.51. The molecular weight excluding hydrogens is 346 g/mol. The maximum Gasteiger partial charge on any atom is 0.137 e. The second-order valence-electron chi connectivity index (χ2n) is 3.63. The standard InChI is InChI=1S/C12H4BrCl3O/c13-7-3-11-5(1-8(7)14)6-2-9(15)10(16)4-12(6)17-11/h1-4H. The molecule has 3 rings (SSSR count). The van der Waals surface area contributed by atoms with Crippen LogP contribution in [0.1, 0.15) is 0 Å². The Morgan fingerprint density at radius 3 is 2.00 bits per heavy atom. The highest BCUT2D eigenvalue weighted by molar-refractivity contribution is 9.10. The summed E-state index contributed by atoms with van der Waals surface area (Å²) in [7, 11) is 0. The van der Waals surface area contributed by atoms with Crippen molar-refractivity contribution in [3.63, 3.8) is 0 Å². The molecule has 0 aliphatic carbocycles. The molecule has 0 saturated heterocycles. The predicted molar refractivity (Wildman–Crippen MR) is 76.5 cm³/mol. The van der Waals surface area contributed by atoms with Gasteiger partial charge in [-0.1, -0.05) is 34.8 Å². The molecule has 0 amide bonds. The molecule has 0 fully saturated rings. The van der Waals surface area contributed by atoms with Crippen LogP contribution in [0.5, 0.6) is 0 Å². The summed E-state index contributed by atoms with van der Waals surface area (Å²) in [5.74, 6) is 0. The molecule has 2 aromatic carbocycles. The van der Waals surface area contributed by atoms with Crippen molar-refractivity contribution in [3.8, 4) is 0 Å². The van der Waals surface area contributed by atoms with E-state index >= 15 is 0 Å². The molecule has 3 aromatic rings. The van der Waals surface area contributed by atoms with Crippen LogP contribution >= 0.6 is 50.7 Å². The van der Waals surface area contributed by atoms with E-state index in [4.69, 9.17) is 39.2 Å². The summed E-state index contributed by atoms with van der Waals surface area (Å²) in [5, 5.41) is 3.44. The third-order valence-electron chi connectivity index (χ3n) is 2.56. The second-order valence-corrected chi connectivity index (χ2v) is 5.70. The minimum atomic E-state index is 0.475. The average molecular weight is 350 g/mol. The fraction of sp³-hybridized carbons (Fsp3) is 0. The van der Waals surface area contributed by atoms with E-state index in [1.807, 2.05) is 12.1 Å². The first kappa shape index (κ1) is 11.7. The van der Waals surface area contributed by atoms with Crippen molar-refractivity contribution in [3.05, 3.63) is 43.8 Å². The molecule has 0 N–H and O–H groups in total. The van der Waals surface area contributed by atoms with Gasteiger partial charge in [-0.15, -0.1) is 0 Å². The van der Waals surface area contributed by atoms with Gasteiger partial charge >= 0.3 is 0 Å². The minimum Gasteiger partial charge on any atom is -0.456 e. The largest absolute Gasteiger partial charge is 0.456 e. The Hall–Kier alpha value is -0.410. The highest BCUT2D eigenvalue weighted by Gasteiger charge is 2.12. The Bertz CT molecular complexity index is 686. The monoisotopic (exact) mass is 348 g/mol. The molecule has 0 unspecified atom stereocenters. The lowest BCUT2D eigenvalue weighted by atomic mass is 10.1. The first-order chi connectivity index (χ1) is 8.06. The fourth-order valence-electron chi connectivity index (χ4n) is 1.77. The molecule has 0 aliphatic rings. The molecule has 17 heavy (non-hydrogen) atoms. The van der Waals surface area contributed by atoms with Gasteiger partial charge in [-0.25, -0.2) is 0 Å². The molecule has 0 atom stereocenters. The quantitative estimate of drug-likeness (QED) is 0.463. The minimum absolute atomic E-state index is 0.475. The maximum atomic E-state index is 6.07. The summed E-state index contributed by atoms with van der Waals surface area (Å²) in [6.45, 7) is 0. The molecular formula is C12H4BrCl3O. The van der Waals surface area contributed by atoms with Crippen LogP contribution in [-0.4, -0.2) is 0 Å². The van der Waals surface area contributed by atoms with E-state index in [2.05, 4.69) is 15.9 Å². The van der Waals surface area contributed by atoms with Crippen molar-refractivity contribution in [2.45, 2.75) is 0 Å². The molecule has 0 spiro atoms. The number of benzene rings is 2. The summed E-state index contributed by atoms with van der Waals surface area (Å²) in [6, 6.07) is 7.17. The first-order valence-electron chi connectivity index (χ1n) is 4.72. The van der Waals surface area contributed by atoms with Crippen molar-refractivity contribution >= 4 is 72.7 Å². The number of halogens is 4. The van der Waals surface area contributed by atoms with Crippen molar-refractivity contribution in [1.29, 1.82) is 0 Å². The zero-order chi connectivity index (χ0) is 12.2. The normalized spacial score (nSPS) is 11.5. The topological polar surface area (TPSA) is 13.1 Å². The SMILES string of the molecule is Clc1cc2oc3cc(Br)c(Cl)cc3c2cc1Cl. The lowest BCUT2D eigenvalue weighted by Crippen LogP contribution is -1.71. The Labute approximate surface area is 120 Å². The lowest BCUT2D eigenvalue weighted by molar-refractivity contribution is 0.668. The van der Waals surface area contributed by atoms with Gasteiger partial charge in [0.15, 0.2) is 0 Å². The Morgan fingerprint density at radius 1 is 0.765 bits per heavy atom. The molecule has 0 saturated carbocycles. The average Bonchev–Trinajstić information content (AvgIpc) is 2.58. The van der Waals surface area contributed by atoms with Crippen molar-refractivity contribution in [2.75, 3.05) is 0 Å². The highest BCUT2D eigenvalue weighted by atomic mass is 79.9. The van der Waals surface area contributed by atoms with Gasteiger partial charge in [-0.3, -0.25) is 0 Å². The van der Waals surface area contributed by atoms with Crippen LogP contribution in [-0.2, 0) is 0 Å². The van der Waals surface area contributed by atoms with E-state index in [0.717, 1.165) is 20.8 Å². The summed E-state index contributed by atoms with van der Waals surface area (Å²) < 4.78 is 6.49. The number of hydrogen-bond donors (Lipinski definition) is 0. The fourth-order valence-corrected chi connectivity index (χ4v) is 2.57. The molecule has 0 radical (unpaired) electrons. The van der Waals surface area contributed by atoms with E-state index in [-0.39, 0.29) is 0 Å². The summed E-state index contributed by atoms with van der Waals surface area (Å²) in [5.41, 5.74) is 1.44. The smallest absolute Gasteiger partial charge is 0.137 e. The van der Waals surface area contributed by atoms with Crippen LogP contribution in [0.2, 0.25) is 15.1 Å². The summed E-state index contributed by atoms with van der Waals surface area (Å²) in [6.07, 6.45) is 0. The predicted octanol–water partition coefficient (Wildman–Crippen LogP) is 6.31. The summed E-state index contributed by atoms with van der Waals surface area (Å²) >= 11 is 21.4. The second kappa shape index (κ2) is 4.06. The number of furan rings is 1. The Kier molecular flexibility index (Phi) is 2.79. The van der Waals surface area contributed by atoms with E-state index in [1.54, 1.807) is 12.1 Å². The van der Waals surface area contributed by atoms with Crippen LogP contribution in [0.4, 0.5) is 0 Å². The van der Waals surface area contributed by atoms with E-state index < -0.39 is 0 Å². The number of hydrogen-bond acceptors (Lipinski definition) is 1. The molecule has 1 aromatic heterocycles. The zero-order valence-corrected chi connectivity index (χ0v) is 12.1. The van der Waals surface area contributed by atoms with E-state index in [0.29, 0.717) is 20.7 Å². The van der Waals surface area contributed by atoms with Crippen LogP contribution in [0.3, 0.4) is 0 Å². The van der Waals surface area contributed by atoms with Crippen molar-refractivity contribution in [2.24, 2.45) is 0 Å². The van der Waals surface area contributed by atoms with Gasteiger partial charge in [0.2, 0.25) is 0 Å². The van der Waals surface area contributed by atoms with Gasteiger partial charge in [0.1, 0.15) is 11.2 Å². The first-order valence-corrected chi connectivity index (χ1v) is 6.65. The maximum absolute atomic E-state index is 6.07. The molecule has 1 nitrogen and oxygen atoms in total. The van der Waals surface area contributed by atoms with Gasteiger partial charge in [0.05, 0.1) is 15.1 Å². The summed E-state index contributed by atoms with van der Waals surface area (Å²) in [4.78, 5) is 0. The van der Waals surface area contributed by atoms with Crippen LogP contribution in [0, 0.1) is 0 Å².